The summed E-state index contributed by atoms with van der Waals surface area (Å²) in [5, 5.41) is 8.99. The van der Waals surface area contributed by atoms with Crippen LogP contribution in [0.4, 0.5) is 0 Å². The fourth-order valence-corrected chi connectivity index (χ4v) is 1.51. The highest BCUT2D eigenvalue weighted by atomic mass is 16.5. The zero-order chi connectivity index (χ0) is 8.97. The van der Waals surface area contributed by atoms with Gasteiger partial charge in [0.15, 0.2) is 0 Å². The second kappa shape index (κ2) is 4.77. The van der Waals surface area contributed by atoms with Gasteiger partial charge >= 0.3 is 0 Å². The first-order valence-electron chi connectivity index (χ1n) is 4.40. The lowest BCUT2D eigenvalue weighted by atomic mass is 10.2. The van der Waals surface area contributed by atoms with Crippen molar-refractivity contribution in [1.82, 2.24) is 4.90 Å². The van der Waals surface area contributed by atoms with Crippen LogP contribution in [0.25, 0.3) is 0 Å². The van der Waals surface area contributed by atoms with Crippen molar-refractivity contribution in [3.05, 3.63) is 0 Å². The summed E-state index contributed by atoms with van der Waals surface area (Å²) in [6.07, 6.45) is 1.05. The largest absolute Gasteiger partial charge is 0.395 e. The molecule has 1 heterocycles. The molecule has 0 saturated carbocycles. The van der Waals surface area contributed by atoms with Crippen LogP contribution in [-0.4, -0.2) is 55.5 Å². The maximum absolute atomic E-state index is 8.99. The molecule has 0 spiro atoms. The average Bonchev–Trinajstić information content (AvgIpc) is 2.58. The molecular weight excluding hydrogens is 156 g/mol. The molecule has 4 nitrogen and oxygen atoms in total. The molecule has 1 fully saturated rings. The van der Waals surface area contributed by atoms with Crippen LogP contribution in [0.5, 0.6) is 0 Å². The second-order valence-electron chi connectivity index (χ2n) is 3.25. The standard InChI is InChI=1S/C8H18N2O2/c1-10(8(4-9)5-11)7-2-3-12-6-7/h7-8,11H,2-6,9H2,1H3. The smallest absolute Gasteiger partial charge is 0.0622 e. The minimum atomic E-state index is 0.0803. The summed E-state index contributed by atoms with van der Waals surface area (Å²) in [7, 11) is 1.99. The third-order valence-electron chi connectivity index (χ3n) is 2.54. The lowest BCUT2D eigenvalue weighted by molar-refractivity contribution is 0.0985. The van der Waals surface area contributed by atoms with Gasteiger partial charge in [0.1, 0.15) is 0 Å². The number of hydrogen-bond acceptors (Lipinski definition) is 4. The van der Waals surface area contributed by atoms with Gasteiger partial charge < -0.3 is 15.6 Å². The number of aliphatic hydroxyl groups is 1. The van der Waals surface area contributed by atoms with Gasteiger partial charge in [-0.15, -0.1) is 0 Å². The van der Waals surface area contributed by atoms with Gasteiger partial charge in [0.2, 0.25) is 0 Å². The average molecular weight is 174 g/mol. The highest BCUT2D eigenvalue weighted by Gasteiger charge is 2.24. The first-order chi connectivity index (χ1) is 5.79. The van der Waals surface area contributed by atoms with Crippen LogP contribution in [0, 0.1) is 0 Å². The Morgan fingerprint density at radius 3 is 2.92 bits per heavy atom. The molecule has 1 aliphatic rings. The first kappa shape index (κ1) is 9.92. The van der Waals surface area contributed by atoms with Gasteiger partial charge in [0.25, 0.3) is 0 Å². The van der Waals surface area contributed by atoms with Crippen molar-refractivity contribution < 1.29 is 9.84 Å². The van der Waals surface area contributed by atoms with Crippen LogP contribution in [0.15, 0.2) is 0 Å². The summed E-state index contributed by atoms with van der Waals surface area (Å²) in [5.74, 6) is 0. The number of ether oxygens (including phenoxy) is 1. The summed E-state index contributed by atoms with van der Waals surface area (Å²) < 4.78 is 5.25. The molecule has 1 aliphatic heterocycles. The highest BCUT2D eigenvalue weighted by molar-refractivity contribution is 4.79. The van der Waals surface area contributed by atoms with Gasteiger partial charge in [-0.05, 0) is 13.5 Å². The van der Waals surface area contributed by atoms with Gasteiger partial charge in [-0.25, -0.2) is 0 Å². The summed E-state index contributed by atoms with van der Waals surface area (Å²) >= 11 is 0. The van der Waals surface area contributed by atoms with E-state index in [9.17, 15) is 0 Å². The molecule has 0 aromatic carbocycles. The second-order valence-corrected chi connectivity index (χ2v) is 3.25. The molecular formula is C8H18N2O2. The number of rotatable bonds is 4. The molecule has 0 aromatic heterocycles. The van der Waals surface area contributed by atoms with E-state index in [2.05, 4.69) is 4.90 Å². The van der Waals surface area contributed by atoms with Crippen LogP contribution < -0.4 is 5.73 Å². The fourth-order valence-electron chi connectivity index (χ4n) is 1.51. The van der Waals surface area contributed by atoms with E-state index in [4.69, 9.17) is 15.6 Å². The van der Waals surface area contributed by atoms with Crippen molar-refractivity contribution in [1.29, 1.82) is 0 Å². The Labute approximate surface area is 73.3 Å². The molecule has 72 valence electrons. The van der Waals surface area contributed by atoms with E-state index in [1.54, 1.807) is 0 Å². The van der Waals surface area contributed by atoms with E-state index in [1.165, 1.54) is 0 Å². The molecule has 1 rings (SSSR count). The molecule has 0 radical (unpaired) electrons. The molecule has 2 atom stereocenters. The van der Waals surface area contributed by atoms with Crippen LogP contribution in [0.1, 0.15) is 6.42 Å². The van der Waals surface area contributed by atoms with E-state index in [-0.39, 0.29) is 12.6 Å². The molecule has 1 saturated heterocycles. The van der Waals surface area contributed by atoms with Crippen molar-refractivity contribution >= 4 is 0 Å². The summed E-state index contributed by atoms with van der Waals surface area (Å²) in [5.41, 5.74) is 5.51. The molecule has 2 unspecified atom stereocenters. The Balaban J connectivity index is 2.37. The first-order valence-corrected chi connectivity index (χ1v) is 4.40. The lowest BCUT2D eigenvalue weighted by Gasteiger charge is -2.29. The minimum Gasteiger partial charge on any atom is -0.395 e. The summed E-state index contributed by atoms with van der Waals surface area (Å²) in [6, 6.07) is 0.516. The van der Waals surface area contributed by atoms with E-state index in [1.807, 2.05) is 7.05 Å². The quantitative estimate of drug-likeness (QED) is 0.575. The SMILES string of the molecule is CN(C(CN)CO)C1CCOC1. The van der Waals surface area contributed by atoms with E-state index in [0.717, 1.165) is 19.6 Å². The maximum atomic E-state index is 8.99. The Bertz CT molecular complexity index is 120. The summed E-state index contributed by atoms with van der Waals surface area (Å²) in [6.45, 7) is 2.23. The lowest BCUT2D eigenvalue weighted by Crippen LogP contribution is -2.46. The number of hydrogen-bond donors (Lipinski definition) is 2. The van der Waals surface area contributed by atoms with Crippen molar-refractivity contribution in [3.63, 3.8) is 0 Å². The van der Waals surface area contributed by atoms with E-state index in [0.29, 0.717) is 12.6 Å². The molecule has 0 aromatic rings. The maximum Gasteiger partial charge on any atom is 0.0622 e. The fraction of sp³-hybridized carbons (Fsp3) is 1.00. The van der Waals surface area contributed by atoms with Crippen LogP contribution in [-0.2, 0) is 4.74 Å². The number of aliphatic hydroxyl groups excluding tert-OH is 1. The van der Waals surface area contributed by atoms with Crippen molar-refractivity contribution in [2.45, 2.75) is 18.5 Å². The monoisotopic (exact) mass is 174 g/mol. The Morgan fingerprint density at radius 2 is 2.50 bits per heavy atom. The molecule has 12 heavy (non-hydrogen) atoms. The van der Waals surface area contributed by atoms with Gasteiger partial charge in [-0.1, -0.05) is 0 Å². The number of nitrogens with zero attached hydrogens (tertiary/aromatic N) is 1. The Hall–Kier alpha value is -0.160. The number of likely N-dealkylation sites (N-methyl/N-ethyl adjacent to an activating group) is 1. The van der Waals surface area contributed by atoms with Crippen molar-refractivity contribution in [2.24, 2.45) is 5.73 Å². The number of nitrogens with two attached hydrogens (primary N) is 1. The summed E-state index contributed by atoms with van der Waals surface area (Å²) in [4.78, 5) is 2.12. The predicted octanol–water partition coefficient (Wildman–Crippen LogP) is -0.973. The molecule has 3 N–H and O–H groups in total. The Morgan fingerprint density at radius 1 is 1.75 bits per heavy atom. The van der Waals surface area contributed by atoms with E-state index < -0.39 is 0 Å². The normalized spacial score (nSPS) is 26.5. The van der Waals surface area contributed by atoms with E-state index >= 15 is 0 Å². The predicted molar refractivity (Wildman–Crippen MR) is 46.9 cm³/mol. The van der Waals surface area contributed by atoms with Crippen LogP contribution in [0.3, 0.4) is 0 Å². The third-order valence-corrected chi connectivity index (χ3v) is 2.54. The zero-order valence-corrected chi connectivity index (χ0v) is 7.57. The molecule has 4 heteroatoms. The zero-order valence-electron chi connectivity index (χ0n) is 7.57. The van der Waals surface area contributed by atoms with Crippen molar-refractivity contribution in [3.8, 4) is 0 Å². The Kier molecular flexibility index (Phi) is 3.94. The molecule has 0 amide bonds. The van der Waals surface area contributed by atoms with Gasteiger partial charge in [0, 0.05) is 25.2 Å². The molecule has 0 aliphatic carbocycles. The highest BCUT2D eigenvalue weighted by Crippen LogP contribution is 2.12. The van der Waals surface area contributed by atoms with Gasteiger partial charge in [0.05, 0.1) is 13.2 Å². The van der Waals surface area contributed by atoms with Crippen LogP contribution in [0.2, 0.25) is 0 Å². The van der Waals surface area contributed by atoms with Gasteiger partial charge in [-0.3, -0.25) is 4.90 Å². The third kappa shape index (κ3) is 2.17. The van der Waals surface area contributed by atoms with Crippen molar-refractivity contribution in [2.75, 3.05) is 33.4 Å². The van der Waals surface area contributed by atoms with Gasteiger partial charge in [-0.2, -0.15) is 0 Å². The van der Waals surface area contributed by atoms with Crippen LogP contribution >= 0.6 is 0 Å². The topological polar surface area (TPSA) is 58.7 Å². The minimum absolute atomic E-state index is 0.0803. The molecule has 0 bridgehead atoms.